The number of fused-ring (bicyclic) bond motifs is 2. The first-order valence-corrected chi connectivity index (χ1v) is 21.5. The van der Waals surface area contributed by atoms with Gasteiger partial charge in [-0.25, -0.2) is 35.4 Å². The van der Waals surface area contributed by atoms with Crippen LogP contribution in [0.3, 0.4) is 0 Å². The van der Waals surface area contributed by atoms with Crippen molar-refractivity contribution in [2.75, 3.05) is 35.6 Å². The normalized spacial score (nSPS) is 17.2. The summed E-state index contributed by atoms with van der Waals surface area (Å²) in [6, 6.07) is 9.22. The molecule has 1 aliphatic carbocycles. The molecule has 2 aliphatic rings. The van der Waals surface area contributed by atoms with Gasteiger partial charge in [0.1, 0.15) is 36.4 Å². The molecule has 1 aliphatic heterocycles. The van der Waals surface area contributed by atoms with E-state index in [2.05, 4.69) is 25.1 Å². The van der Waals surface area contributed by atoms with Crippen LogP contribution in [0, 0.1) is 17.6 Å². The number of nitrogens with zero attached hydrogens (tertiary/aromatic N) is 7. The Morgan fingerprint density at radius 1 is 1.02 bits per heavy atom. The molecule has 2 fully saturated rings. The zero-order valence-electron chi connectivity index (χ0n) is 32.6. The van der Waals surface area contributed by atoms with Gasteiger partial charge in [0.15, 0.2) is 5.82 Å². The average Bonchev–Trinajstić information content (AvgIpc) is 3.44. The van der Waals surface area contributed by atoms with Crippen molar-refractivity contribution in [2.24, 2.45) is 13.0 Å². The summed E-state index contributed by atoms with van der Waals surface area (Å²) in [5.74, 6) is -4.43. The van der Waals surface area contributed by atoms with Crippen LogP contribution in [0.4, 0.5) is 37.8 Å². The summed E-state index contributed by atoms with van der Waals surface area (Å²) in [7, 11) is -2.40. The molecule has 3 atom stereocenters. The first-order chi connectivity index (χ1) is 29.0. The number of hydrogen-bond donors (Lipinski definition) is 2. The van der Waals surface area contributed by atoms with E-state index in [1.807, 2.05) is 0 Å². The lowest BCUT2D eigenvalue weighted by molar-refractivity contribution is -0.122. The number of nitrogens with one attached hydrogen (secondary N) is 2. The Bertz CT molecular complexity index is 2860. The van der Waals surface area contributed by atoms with E-state index in [0.717, 1.165) is 59.3 Å². The van der Waals surface area contributed by atoms with Crippen LogP contribution in [0.15, 0.2) is 53.3 Å². The zero-order chi connectivity index (χ0) is 43.5. The maximum Gasteiger partial charge on any atom is 0.282 e. The number of alkyl halides is 4. The van der Waals surface area contributed by atoms with Crippen molar-refractivity contribution in [3.05, 3.63) is 104 Å². The number of sulfonamides is 1. The van der Waals surface area contributed by atoms with Crippen LogP contribution in [0.2, 0.25) is 5.02 Å². The molecule has 1 saturated carbocycles. The number of benzene rings is 3. The number of anilines is 2. The van der Waals surface area contributed by atoms with Gasteiger partial charge in [-0.2, -0.15) is 10.2 Å². The van der Waals surface area contributed by atoms with Gasteiger partial charge in [0, 0.05) is 43.9 Å². The molecule has 1 saturated heterocycles. The molecule has 8 rings (SSSR count). The van der Waals surface area contributed by atoms with Crippen molar-refractivity contribution in [1.29, 1.82) is 0 Å². The number of aryl methyl sites for hydroxylation is 1. The molecule has 0 bridgehead atoms. The fraction of sp³-hybridized carbons (Fsp3) is 0.375. The Morgan fingerprint density at radius 2 is 1.74 bits per heavy atom. The topological polar surface area (TPSA) is 149 Å². The molecule has 3 aromatic carbocycles. The minimum absolute atomic E-state index is 0.0211. The van der Waals surface area contributed by atoms with Crippen molar-refractivity contribution in [1.82, 2.24) is 34.4 Å². The third-order valence-corrected chi connectivity index (χ3v) is 11.9. The van der Waals surface area contributed by atoms with Gasteiger partial charge >= 0.3 is 0 Å². The Hall–Kier alpha value is -5.63. The zero-order valence-corrected chi connectivity index (χ0v) is 34.2. The molecule has 61 heavy (non-hydrogen) atoms. The predicted octanol–water partition coefficient (Wildman–Crippen LogP) is 6.95. The summed E-state index contributed by atoms with van der Waals surface area (Å²) in [5, 5.41) is 11.2. The van der Waals surface area contributed by atoms with Crippen molar-refractivity contribution in [3.8, 4) is 5.69 Å². The van der Waals surface area contributed by atoms with E-state index < -0.39 is 89.4 Å². The number of carbonyl (C=O) groups excluding carboxylic acids is 1. The molecule has 4 heterocycles. The molecule has 13 nitrogen and oxygen atoms in total. The van der Waals surface area contributed by atoms with Crippen LogP contribution in [-0.4, -0.2) is 69.5 Å². The number of carbonyl (C=O) groups is 1. The fourth-order valence-electron chi connectivity index (χ4n) is 8.30. The lowest BCUT2D eigenvalue weighted by Crippen LogP contribution is -2.37. The van der Waals surface area contributed by atoms with Gasteiger partial charge in [0.05, 0.1) is 57.2 Å². The minimum atomic E-state index is -3.88. The third kappa shape index (κ3) is 8.26. The number of amides is 1. The Kier molecular flexibility index (Phi) is 11.3. The lowest BCUT2D eigenvalue weighted by atomic mass is 10.0. The summed E-state index contributed by atoms with van der Waals surface area (Å²) in [6.45, 7) is -1.40. The standard InChI is InChI=1S/C40H38ClF6N9O4S/c1-53-36-30(8-7-27(41)34(36)38(51-53)52-61(2,59)60)56-39(49-28-16-24(54-9-3-4-10-54)5-6-25(28)40(56)58)29(13-20-11-22(44)15-23(45)12-20)48-32(57)19-55-31(18-43)33(26-14-21(26)17-42)35(50-55)37(46)47/h5-8,11-12,15-16,21,26,29,37H,3-4,9-10,13-14,17-19H2,1-2H3,(H,48,57)(H,51,52)/t21-,26-,29-/m0/s1. The van der Waals surface area contributed by atoms with Gasteiger partial charge in [0.25, 0.3) is 12.0 Å². The van der Waals surface area contributed by atoms with Crippen LogP contribution in [0.5, 0.6) is 0 Å². The highest BCUT2D eigenvalue weighted by molar-refractivity contribution is 7.92. The second kappa shape index (κ2) is 16.3. The summed E-state index contributed by atoms with van der Waals surface area (Å²) in [5.41, 5.74) is -0.679. The largest absolute Gasteiger partial charge is 0.371 e. The van der Waals surface area contributed by atoms with Gasteiger partial charge in [-0.1, -0.05) is 11.6 Å². The van der Waals surface area contributed by atoms with Crippen molar-refractivity contribution < 1.29 is 39.6 Å². The molecule has 3 aromatic heterocycles. The van der Waals surface area contributed by atoms with E-state index in [-0.39, 0.29) is 67.4 Å². The Labute approximate surface area is 349 Å². The summed E-state index contributed by atoms with van der Waals surface area (Å²) in [6.07, 6.45) is -0.529. The smallest absolute Gasteiger partial charge is 0.282 e. The van der Waals surface area contributed by atoms with Crippen molar-refractivity contribution in [3.63, 3.8) is 0 Å². The van der Waals surface area contributed by atoms with Gasteiger partial charge in [-0.15, -0.1) is 0 Å². The number of rotatable bonds is 14. The van der Waals surface area contributed by atoms with Gasteiger partial charge in [0.2, 0.25) is 15.9 Å². The molecule has 2 N–H and O–H groups in total. The quantitative estimate of drug-likeness (QED) is 0.112. The average molecular weight is 890 g/mol. The van der Waals surface area contributed by atoms with E-state index in [4.69, 9.17) is 16.6 Å². The van der Waals surface area contributed by atoms with Crippen LogP contribution < -0.4 is 20.5 Å². The molecular weight excluding hydrogens is 852 g/mol. The minimum Gasteiger partial charge on any atom is -0.371 e. The molecule has 322 valence electrons. The molecule has 21 heteroatoms. The molecule has 0 radical (unpaired) electrons. The van der Waals surface area contributed by atoms with Crippen LogP contribution >= 0.6 is 11.6 Å². The van der Waals surface area contributed by atoms with E-state index in [1.54, 1.807) is 18.2 Å². The van der Waals surface area contributed by atoms with E-state index in [0.29, 0.717) is 6.07 Å². The first kappa shape index (κ1) is 42.1. The maximum atomic E-state index is 15.0. The third-order valence-electron chi connectivity index (χ3n) is 11.0. The second-order valence-electron chi connectivity index (χ2n) is 15.3. The number of halogens is 7. The summed E-state index contributed by atoms with van der Waals surface area (Å²) >= 11 is 6.64. The summed E-state index contributed by atoms with van der Waals surface area (Å²) in [4.78, 5) is 36.2. The van der Waals surface area contributed by atoms with Crippen LogP contribution in [-0.2, 0) is 41.5 Å². The van der Waals surface area contributed by atoms with E-state index in [9.17, 15) is 44.3 Å². The monoisotopic (exact) mass is 889 g/mol. The second-order valence-corrected chi connectivity index (χ2v) is 17.5. The Balaban J connectivity index is 1.32. The number of hydrogen-bond acceptors (Lipinski definition) is 8. The molecule has 0 unspecified atom stereocenters. The lowest BCUT2D eigenvalue weighted by Gasteiger charge is -2.24. The van der Waals surface area contributed by atoms with Crippen molar-refractivity contribution in [2.45, 2.75) is 57.3 Å². The summed E-state index contributed by atoms with van der Waals surface area (Å²) < 4.78 is 116. The molecule has 6 aromatic rings. The van der Waals surface area contributed by atoms with E-state index in [1.165, 1.54) is 23.9 Å². The number of aromatic nitrogens is 6. The van der Waals surface area contributed by atoms with Gasteiger partial charge in [-0.05, 0) is 79.1 Å². The highest BCUT2D eigenvalue weighted by Gasteiger charge is 2.44. The highest BCUT2D eigenvalue weighted by atomic mass is 35.5. The molecular formula is C40H38ClF6N9O4S. The van der Waals surface area contributed by atoms with Gasteiger partial charge in [-0.3, -0.25) is 32.6 Å². The van der Waals surface area contributed by atoms with Gasteiger partial charge < -0.3 is 10.2 Å². The fourth-order valence-corrected chi connectivity index (χ4v) is 9.04. The first-order valence-electron chi connectivity index (χ1n) is 19.2. The molecule has 1 amide bonds. The predicted molar refractivity (Wildman–Crippen MR) is 216 cm³/mol. The molecule has 0 spiro atoms. The van der Waals surface area contributed by atoms with Crippen molar-refractivity contribution >= 4 is 60.8 Å². The highest BCUT2D eigenvalue weighted by Crippen LogP contribution is 2.51. The maximum absolute atomic E-state index is 15.0. The Morgan fingerprint density at radius 3 is 2.38 bits per heavy atom. The van der Waals surface area contributed by atoms with E-state index >= 15 is 0 Å². The SMILES string of the molecule is Cn1nc(NS(C)(=O)=O)c2c(Cl)ccc(-n3c([C@H](Cc4cc(F)cc(F)c4)NC(=O)Cn4nc(C(F)F)c([C@H]5C[C@H]5CF)c4CF)nc4cc(N5CCCC5)ccc4c3=O)c21. The van der Waals surface area contributed by atoms with Crippen LogP contribution in [0.25, 0.3) is 27.5 Å². The van der Waals surface area contributed by atoms with Crippen LogP contribution in [0.1, 0.15) is 66.0 Å².